The molecule has 0 aromatic carbocycles. The zero-order chi connectivity index (χ0) is 56.5. The molecule has 0 radical (unpaired) electrons. The minimum atomic E-state index is -7.17. The van der Waals surface area contributed by atoms with E-state index < -0.39 is 152 Å². The van der Waals surface area contributed by atoms with E-state index >= 15 is 0 Å². The van der Waals surface area contributed by atoms with E-state index in [0.29, 0.717) is 0 Å². The van der Waals surface area contributed by atoms with Crippen molar-refractivity contribution in [3.05, 3.63) is 12.2 Å². The second kappa shape index (κ2) is 23.8. The number of halogens is 24. The Labute approximate surface area is 373 Å². The zero-order valence-electron chi connectivity index (χ0n) is 36.2. The number of aliphatic hydroxyl groups is 2. The molecule has 2 N–H and O–H groups in total. The third kappa shape index (κ3) is 16.5. The summed E-state index contributed by atoms with van der Waals surface area (Å²) in [6.07, 6.45) is -26.5. The average Bonchev–Trinajstić information content (AvgIpc) is 3.17. The van der Waals surface area contributed by atoms with Gasteiger partial charge in [-0.1, -0.05) is 48.1 Å². The highest BCUT2D eigenvalue weighted by Gasteiger charge is 2.82. The van der Waals surface area contributed by atoms with Crippen molar-refractivity contribution in [2.75, 3.05) is 20.3 Å². The number of alkyl halides is 24. The van der Waals surface area contributed by atoms with Crippen LogP contribution in [0.3, 0.4) is 0 Å². The first-order chi connectivity index (χ1) is 30.1. The van der Waals surface area contributed by atoms with Crippen LogP contribution in [0.5, 0.6) is 0 Å². The van der Waals surface area contributed by atoms with E-state index in [2.05, 4.69) is 25.5 Å². The summed E-state index contributed by atoms with van der Waals surface area (Å²) in [5.74, 6) is -65.1. The van der Waals surface area contributed by atoms with Crippen LogP contribution in [0, 0.1) is 17.8 Å². The second-order valence-electron chi connectivity index (χ2n) is 15.1. The minimum Gasteiger partial charge on any atom is -0.465 e. The summed E-state index contributed by atoms with van der Waals surface area (Å²) in [4.78, 5) is 44.4. The van der Waals surface area contributed by atoms with Crippen molar-refractivity contribution < 1.29 is 154 Å². The standard InChI is InChI=1S/C16H17F11O4.C12H13F11O3.C7H12F2O3/c1-7(2)9(31-10(28)8(3)4)13(19,20)11(29)30-6-5-12(17,18)14(21,22)15(23,24)16(25,26)27;1-5(2)6(24)9(15,16)7(25)26-4-3-8(13,14)10(17,18)11(19,20)12(21,22)23;1-4(2)5(10)7(8,9)6(11)12-3/h7,9H,3,5-6H2,1-2,4H3;5-6,24H,3-4H2,1-2H3;4-5,10H,1-3H3. The van der Waals surface area contributed by atoms with Crippen LogP contribution >= 0.6 is 0 Å². The van der Waals surface area contributed by atoms with E-state index in [4.69, 9.17) is 10.2 Å². The maximum atomic E-state index is 14.2. The van der Waals surface area contributed by atoms with E-state index in [1.807, 2.05) is 0 Å². The SMILES string of the molecule is C=C(C)C(=O)OC(C(C)C)C(F)(F)C(=O)OCCC(F)(F)C(F)(F)C(F)(F)C(F)(F)F.CC(C)C(O)C(F)(F)C(=O)OCCC(F)(F)C(F)(F)C(F)(F)C(F)(F)F.COC(=O)C(F)(F)C(O)C(C)C. The van der Waals surface area contributed by atoms with Crippen LogP contribution in [0.1, 0.15) is 61.3 Å². The Hall–Kier alpha value is -4.14. The van der Waals surface area contributed by atoms with Crippen molar-refractivity contribution in [2.24, 2.45) is 17.8 Å². The van der Waals surface area contributed by atoms with Gasteiger partial charge in [-0.25, -0.2) is 19.2 Å². The summed E-state index contributed by atoms with van der Waals surface area (Å²) >= 11 is 0. The Morgan fingerprint density at radius 3 is 0.971 bits per heavy atom. The molecule has 0 saturated heterocycles. The maximum Gasteiger partial charge on any atom is 0.460 e. The number of methoxy groups -OCH3 is 1. The van der Waals surface area contributed by atoms with Gasteiger partial charge in [-0.15, -0.1) is 0 Å². The molecule has 10 nitrogen and oxygen atoms in total. The molecule has 0 heterocycles. The molecule has 0 aliphatic rings. The van der Waals surface area contributed by atoms with E-state index in [1.165, 1.54) is 13.8 Å². The van der Waals surface area contributed by atoms with E-state index in [-0.39, 0.29) is 5.57 Å². The molecule has 0 aliphatic heterocycles. The summed E-state index contributed by atoms with van der Waals surface area (Å²) in [5, 5.41) is 18.0. The van der Waals surface area contributed by atoms with E-state index in [0.717, 1.165) is 41.7 Å². The first kappa shape index (κ1) is 69.1. The lowest BCUT2D eigenvalue weighted by atomic mass is 10.00. The van der Waals surface area contributed by atoms with Gasteiger partial charge in [0, 0.05) is 5.57 Å². The highest BCUT2D eigenvalue weighted by Crippen LogP contribution is 2.55. The number of ether oxygens (including phenoxy) is 4. The predicted octanol–water partition coefficient (Wildman–Crippen LogP) is 10.0. The number of rotatable bonds is 21. The van der Waals surface area contributed by atoms with Crippen molar-refractivity contribution in [1.82, 2.24) is 0 Å². The molecule has 0 aromatic rings. The predicted molar refractivity (Wildman–Crippen MR) is 181 cm³/mol. The van der Waals surface area contributed by atoms with Crippen LogP contribution in [0.2, 0.25) is 0 Å². The van der Waals surface area contributed by atoms with Crippen LogP contribution < -0.4 is 0 Å². The third-order valence-corrected chi connectivity index (χ3v) is 8.27. The van der Waals surface area contributed by atoms with Crippen LogP contribution in [-0.4, -0.2) is 138 Å². The van der Waals surface area contributed by atoms with Crippen molar-refractivity contribution in [3.63, 3.8) is 0 Å². The van der Waals surface area contributed by atoms with Crippen LogP contribution in [-0.2, 0) is 38.1 Å². The van der Waals surface area contributed by atoms with Crippen LogP contribution in [0.15, 0.2) is 12.2 Å². The van der Waals surface area contributed by atoms with Crippen molar-refractivity contribution in [3.8, 4) is 0 Å². The molecule has 3 unspecified atom stereocenters. The first-order valence-corrected chi connectivity index (χ1v) is 18.3. The molecule has 0 spiro atoms. The average molecular weight is 1080 g/mol. The molecule has 34 heteroatoms. The molecule has 0 fully saturated rings. The fraction of sp³-hybridized carbons (Fsp3) is 0.829. The molecule has 0 aliphatic carbocycles. The first-order valence-electron chi connectivity index (χ1n) is 18.3. The topological polar surface area (TPSA) is 146 Å². The van der Waals surface area contributed by atoms with Gasteiger partial charge < -0.3 is 29.2 Å². The summed E-state index contributed by atoms with van der Waals surface area (Å²) in [7, 11) is 0.850. The molecule has 0 rings (SSSR count). The molecule has 0 amide bonds. The highest BCUT2D eigenvalue weighted by atomic mass is 19.4. The van der Waals surface area contributed by atoms with Crippen molar-refractivity contribution in [1.29, 1.82) is 0 Å². The van der Waals surface area contributed by atoms with Crippen LogP contribution in [0.25, 0.3) is 0 Å². The second-order valence-corrected chi connectivity index (χ2v) is 15.1. The van der Waals surface area contributed by atoms with Crippen molar-refractivity contribution >= 4 is 23.9 Å². The Balaban J connectivity index is -0.00000103. The number of carbonyl (C=O) groups excluding carboxylic acids is 4. The van der Waals surface area contributed by atoms with Gasteiger partial charge in [0.25, 0.3) is 0 Å². The quantitative estimate of drug-likeness (QED) is 0.0493. The lowest BCUT2D eigenvalue weighted by Gasteiger charge is -2.33. The monoisotopic (exact) mass is 1080 g/mol. The Morgan fingerprint density at radius 2 is 0.739 bits per heavy atom. The molecule has 0 bridgehead atoms. The van der Waals surface area contributed by atoms with E-state index in [1.54, 1.807) is 0 Å². The lowest BCUT2D eigenvalue weighted by Crippen LogP contribution is -2.61. The largest absolute Gasteiger partial charge is 0.465 e. The lowest BCUT2D eigenvalue weighted by molar-refractivity contribution is -0.397. The summed E-state index contributed by atoms with van der Waals surface area (Å²) < 4.78 is 323. The minimum absolute atomic E-state index is 0.359. The molecule has 410 valence electrons. The number of aliphatic hydroxyl groups excluding tert-OH is 2. The molecule has 0 saturated carbocycles. The normalized spacial score (nSPS) is 15.3. The maximum absolute atomic E-state index is 14.2. The number of hydrogen-bond acceptors (Lipinski definition) is 10. The summed E-state index contributed by atoms with van der Waals surface area (Å²) in [6.45, 7) is 6.98. The molecule has 69 heavy (non-hydrogen) atoms. The van der Waals surface area contributed by atoms with Gasteiger partial charge in [0.05, 0.1) is 33.2 Å². The Morgan fingerprint density at radius 1 is 0.464 bits per heavy atom. The summed E-state index contributed by atoms with van der Waals surface area (Å²) in [5.41, 5.74) is -0.359. The Kier molecular flexibility index (Phi) is 23.9. The van der Waals surface area contributed by atoms with Gasteiger partial charge in [-0.2, -0.15) is 105 Å². The summed E-state index contributed by atoms with van der Waals surface area (Å²) in [6, 6.07) is 0. The fourth-order valence-corrected chi connectivity index (χ4v) is 4.04. The fourth-order valence-electron chi connectivity index (χ4n) is 4.04. The van der Waals surface area contributed by atoms with E-state index in [9.17, 15) is 125 Å². The highest BCUT2D eigenvalue weighted by molar-refractivity contribution is 5.88. The van der Waals surface area contributed by atoms with Crippen molar-refractivity contribution in [2.45, 2.75) is 145 Å². The van der Waals surface area contributed by atoms with Gasteiger partial charge >= 0.3 is 89.5 Å². The molecule has 3 atom stereocenters. The van der Waals surface area contributed by atoms with Gasteiger partial charge in [0.1, 0.15) is 12.2 Å². The van der Waals surface area contributed by atoms with Gasteiger partial charge in [0.15, 0.2) is 6.10 Å². The number of esters is 4. The van der Waals surface area contributed by atoms with Gasteiger partial charge in [-0.05, 0) is 24.7 Å². The third-order valence-electron chi connectivity index (χ3n) is 8.27. The molecular weight excluding hydrogens is 1040 g/mol. The van der Waals surface area contributed by atoms with Crippen LogP contribution in [0.4, 0.5) is 105 Å². The molecule has 0 aromatic heterocycles. The zero-order valence-corrected chi connectivity index (χ0v) is 36.2. The smallest absolute Gasteiger partial charge is 0.460 e. The van der Waals surface area contributed by atoms with Gasteiger partial charge in [-0.3, -0.25) is 0 Å². The number of hydrogen-bond donors (Lipinski definition) is 2. The molecular formula is C35H42F24O10. The van der Waals surface area contributed by atoms with Gasteiger partial charge in [0.2, 0.25) is 0 Å². The number of carbonyl (C=O) groups is 4. The Bertz CT molecular complexity index is 1710.